The van der Waals surface area contributed by atoms with Crippen molar-refractivity contribution in [1.82, 2.24) is 4.90 Å². The van der Waals surface area contributed by atoms with Crippen LogP contribution in [0.2, 0.25) is 5.02 Å². The molecule has 3 nitrogen and oxygen atoms in total. The molecule has 0 unspecified atom stereocenters. The van der Waals surface area contributed by atoms with Crippen LogP contribution in [-0.4, -0.2) is 24.0 Å². The van der Waals surface area contributed by atoms with E-state index >= 15 is 0 Å². The predicted octanol–water partition coefficient (Wildman–Crippen LogP) is 3.51. The van der Waals surface area contributed by atoms with Crippen molar-refractivity contribution in [3.05, 3.63) is 64.4 Å². The smallest absolute Gasteiger partial charge is 0.257 e. The number of ether oxygens (including phenoxy) is 1. The molecule has 0 aromatic heterocycles. The van der Waals surface area contributed by atoms with E-state index in [1.54, 1.807) is 4.90 Å². The van der Waals surface area contributed by atoms with Crippen molar-refractivity contribution in [3.8, 4) is 5.75 Å². The summed E-state index contributed by atoms with van der Waals surface area (Å²) in [5.74, 6) is -0.183. The van der Waals surface area contributed by atoms with E-state index in [-0.39, 0.29) is 11.5 Å². The molecule has 21 heavy (non-hydrogen) atoms. The van der Waals surface area contributed by atoms with Gasteiger partial charge in [-0.2, -0.15) is 0 Å². The second-order valence-electron chi connectivity index (χ2n) is 4.81. The molecular formula is C16H13ClFNO2. The highest BCUT2D eigenvalue weighted by Crippen LogP contribution is 2.24. The van der Waals surface area contributed by atoms with Crippen LogP contribution in [0.3, 0.4) is 0 Å². The van der Waals surface area contributed by atoms with Gasteiger partial charge in [0.25, 0.3) is 5.91 Å². The Bertz CT molecular complexity index is 690. The zero-order valence-corrected chi connectivity index (χ0v) is 11.9. The standard InChI is InChI=1S/C16H13ClFNO2/c17-12-5-6-14(18)13(9-12)16(20)19-7-8-21-15-4-2-1-3-11(15)10-19/h1-6,9H,7-8,10H2. The van der Waals surface area contributed by atoms with Crippen LogP contribution in [-0.2, 0) is 6.54 Å². The number of amides is 1. The summed E-state index contributed by atoms with van der Waals surface area (Å²) in [6.07, 6.45) is 0. The van der Waals surface area contributed by atoms with Crippen LogP contribution in [0, 0.1) is 5.82 Å². The van der Waals surface area contributed by atoms with Crippen molar-refractivity contribution in [1.29, 1.82) is 0 Å². The summed E-state index contributed by atoms with van der Waals surface area (Å²) in [4.78, 5) is 14.1. The van der Waals surface area contributed by atoms with Gasteiger partial charge in [0, 0.05) is 17.1 Å². The van der Waals surface area contributed by atoms with Gasteiger partial charge in [-0.1, -0.05) is 29.8 Å². The van der Waals surface area contributed by atoms with Gasteiger partial charge in [0.1, 0.15) is 18.2 Å². The number of hydrogen-bond acceptors (Lipinski definition) is 2. The zero-order chi connectivity index (χ0) is 14.8. The molecule has 5 heteroatoms. The first-order chi connectivity index (χ1) is 10.1. The Morgan fingerprint density at radius 2 is 2.05 bits per heavy atom. The van der Waals surface area contributed by atoms with Gasteiger partial charge in [0.15, 0.2) is 0 Å². The van der Waals surface area contributed by atoms with Crippen LogP contribution in [0.5, 0.6) is 5.75 Å². The molecule has 108 valence electrons. The van der Waals surface area contributed by atoms with Crippen molar-refractivity contribution in [2.75, 3.05) is 13.2 Å². The third-order valence-corrected chi connectivity index (χ3v) is 3.63. The maximum absolute atomic E-state index is 13.8. The molecule has 2 aromatic rings. The quantitative estimate of drug-likeness (QED) is 0.807. The molecular weight excluding hydrogens is 293 g/mol. The molecule has 0 bridgehead atoms. The molecule has 1 amide bonds. The van der Waals surface area contributed by atoms with Crippen molar-refractivity contribution in [2.24, 2.45) is 0 Å². The number of hydrogen-bond donors (Lipinski definition) is 0. The largest absolute Gasteiger partial charge is 0.491 e. The van der Waals surface area contributed by atoms with Crippen molar-refractivity contribution < 1.29 is 13.9 Å². The normalized spacial score (nSPS) is 14.1. The summed E-state index contributed by atoms with van der Waals surface area (Å²) >= 11 is 5.85. The van der Waals surface area contributed by atoms with Crippen molar-refractivity contribution in [3.63, 3.8) is 0 Å². The molecule has 0 aliphatic carbocycles. The summed E-state index contributed by atoms with van der Waals surface area (Å²) < 4.78 is 19.4. The van der Waals surface area contributed by atoms with Gasteiger partial charge in [-0.3, -0.25) is 4.79 Å². The van der Waals surface area contributed by atoms with E-state index in [2.05, 4.69) is 0 Å². The second kappa shape index (κ2) is 5.74. The van der Waals surface area contributed by atoms with Gasteiger partial charge < -0.3 is 9.64 Å². The molecule has 0 saturated carbocycles. The molecule has 0 fully saturated rings. The topological polar surface area (TPSA) is 29.5 Å². The van der Waals surface area contributed by atoms with E-state index in [9.17, 15) is 9.18 Å². The molecule has 0 radical (unpaired) electrons. The summed E-state index contributed by atoms with van der Waals surface area (Å²) in [7, 11) is 0. The lowest BCUT2D eigenvalue weighted by Gasteiger charge is -2.20. The third kappa shape index (κ3) is 2.85. The van der Waals surface area contributed by atoms with E-state index in [4.69, 9.17) is 16.3 Å². The summed E-state index contributed by atoms with van der Waals surface area (Å²) in [5.41, 5.74) is 0.896. The Kier molecular flexibility index (Phi) is 3.80. The minimum Gasteiger partial charge on any atom is -0.491 e. The minimum atomic E-state index is -0.567. The number of fused-ring (bicyclic) bond motifs is 1. The Morgan fingerprint density at radius 3 is 2.90 bits per heavy atom. The highest BCUT2D eigenvalue weighted by Gasteiger charge is 2.23. The average molecular weight is 306 g/mol. The number of carbonyl (C=O) groups is 1. The van der Waals surface area contributed by atoms with Crippen LogP contribution < -0.4 is 4.74 Å². The summed E-state index contributed by atoms with van der Waals surface area (Å²) in [5, 5.41) is 0.339. The Morgan fingerprint density at radius 1 is 1.24 bits per heavy atom. The summed E-state index contributed by atoms with van der Waals surface area (Å²) in [6.45, 7) is 1.17. The van der Waals surface area contributed by atoms with Crippen LogP contribution in [0.25, 0.3) is 0 Å². The number of para-hydroxylation sites is 1. The van der Waals surface area contributed by atoms with Crippen LogP contribution in [0.15, 0.2) is 42.5 Å². The Balaban J connectivity index is 1.90. The molecule has 0 atom stereocenters. The number of nitrogens with zero attached hydrogens (tertiary/aromatic N) is 1. The zero-order valence-electron chi connectivity index (χ0n) is 11.2. The molecule has 0 N–H and O–H groups in total. The fraction of sp³-hybridized carbons (Fsp3) is 0.188. The van der Waals surface area contributed by atoms with Gasteiger partial charge in [-0.15, -0.1) is 0 Å². The Hall–Kier alpha value is -2.07. The fourth-order valence-corrected chi connectivity index (χ4v) is 2.50. The average Bonchev–Trinajstić information content (AvgIpc) is 2.71. The first-order valence-electron chi connectivity index (χ1n) is 6.60. The molecule has 0 saturated heterocycles. The molecule has 2 aromatic carbocycles. The number of carbonyl (C=O) groups excluding carboxylic acids is 1. The lowest BCUT2D eigenvalue weighted by atomic mass is 10.1. The third-order valence-electron chi connectivity index (χ3n) is 3.40. The minimum absolute atomic E-state index is 0.0121. The van der Waals surface area contributed by atoms with Crippen molar-refractivity contribution in [2.45, 2.75) is 6.54 Å². The molecule has 1 aliphatic rings. The number of benzene rings is 2. The lowest BCUT2D eigenvalue weighted by Crippen LogP contribution is -2.33. The van der Waals surface area contributed by atoms with Gasteiger partial charge in [-0.25, -0.2) is 4.39 Å². The van der Waals surface area contributed by atoms with Gasteiger partial charge in [0.2, 0.25) is 0 Å². The highest BCUT2D eigenvalue weighted by molar-refractivity contribution is 6.31. The fourth-order valence-electron chi connectivity index (χ4n) is 2.33. The van der Waals surface area contributed by atoms with Crippen LogP contribution in [0.1, 0.15) is 15.9 Å². The van der Waals surface area contributed by atoms with E-state index in [0.717, 1.165) is 11.3 Å². The second-order valence-corrected chi connectivity index (χ2v) is 5.24. The maximum Gasteiger partial charge on any atom is 0.257 e. The molecule has 3 rings (SSSR count). The van der Waals surface area contributed by atoms with Crippen LogP contribution >= 0.6 is 11.6 Å². The van der Waals surface area contributed by atoms with Gasteiger partial charge >= 0.3 is 0 Å². The lowest BCUT2D eigenvalue weighted by molar-refractivity contribution is 0.0728. The monoisotopic (exact) mass is 305 g/mol. The van der Waals surface area contributed by atoms with E-state index < -0.39 is 5.82 Å². The predicted molar refractivity (Wildman–Crippen MR) is 78.1 cm³/mol. The van der Waals surface area contributed by atoms with Crippen LogP contribution in [0.4, 0.5) is 4.39 Å². The van der Waals surface area contributed by atoms with E-state index in [1.807, 2.05) is 24.3 Å². The van der Waals surface area contributed by atoms with Gasteiger partial charge in [-0.05, 0) is 24.3 Å². The first kappa shape index (κ1) is 13.9. The number of halogens is 2. The van der Waals surface area contributed by atoms with Gasteiger partial charge in [0.05, 0.1) is 12.1 Å². The van der Waals surface area contributed by atoms with E-state index in [0.29, 0.717) is 24.7 Å². The highest BCUT2D eigenvalue weighted by atomic mass is 35.5. The maximum atomic E-state index is 13.8. The molecule has 0 spiro atoms. The molecule has 1 heterocycles. The summed E-state index contributed by atoms with van der Waals surface area (Å²) in [6, 6.07) is 11.5. The number of rotatable bonds is 1. The van der Waals surface area contributed by atoms with Crippen molar-refractivity contribution >= 4 is 17.5 Å². The Labute approximate surface area is 126 Å². The van der Waals surface area contributed by atoms with E-state index in [1.165, 1.54) is 18.2 Å². The first-order valence-corrected chi connectivity index (χ1v) is 6.98. The molecule has 1 aliphatic heterocycles. The SMILES string of the molecule is O=C(c1cc(Cl)ccc1F)N1CCOc2ccccc2C1.